The predicted octanol–water partition coefficient (Wildman–Crippen LogP) is 1.19. The van der Waals surface area contributed by atoms with Gasteiger partial charge in [-0.2, -0.15) is 0 Å². The van der Waals surface area contributed by atoms with E-state index in [2.05, 4.69) is 15.2 Å². The first kappa shape index (κ1) is 14.4. The number of pyridine rings is 1. The van der Waals surface area contributed by atoms with Crippen LogP contribution in [0.4, 0.5) is 4.39 Å². The Morgan fingerprint density at radius 3 is 3.00 bits per heavy atom. The van der Waals surface area contributed by atoms with Gasteiger partial charge >= 0.3 is 0 Å². The third kappa shape index (κ3) is 3.96. The van der Waals surface area contributed by atoms with Crippen molar-refractivity contribution in [1.82, 2.24) is 15.2 Å². The topological polar surface area (TPSA) is 48.4 Å². The Balaban J connectivity index is 1.84. The molecule has 0 radical (unpaired) electrons. The van der Waals surface area contributed by atoms with Gasteiger partial charge in [-0.25, -0.2) is 4.39 Å². The molecule has 1 aliphatic rings. The van der Waals surface area contributed by atoms with Gasteiger partial charge in [-0.3, -0.25) is 4.98 Å². The highest BCUT2D eigenvalue weighted by molar-refractivity contribution is 5.09. The van der Waals surface area contributed by atoms with Crippen molar-refractivity contribution in [2.45, 2.75) is 18.9 Å². The number of aliphatic hydroxyl groups is 1. The van der Waals surface area contributed by atoms with Crippen molar-refractivity contribution in [2.24, 2.45) is 5.92 Å². The van der Waals surface area contributed by atoms with Crippen LogP contribution in [0.25, 0.3) is 0 Å². The molecule has 0 aliphatic carbocycles. The second-order valence-corrected chi connectivity index (χ2v) is 5.17. The number of rotatable bonds is 6. The van der Waals surface area contributed by atoms with Crippen LogP contribution in [0.1, 0.15) is 24.6 Å². The van der Waals surface area contributed by atoms with E-state index in [0.29, 0.717) is 5.92 Å². The summed E-state index contributed by atoms with van der Waals surface area (Å²) in [5.74, 6) is 0.126. The first-order chi connectivity index (χ1) is 9.22. The molecule has 4 nitrogen and oxygen atoms in total. The smallest absolute Gasteiger partial charge is 0.141 e. The van der Waals surface area contributed by atoms with Crippen LogP contribution < -0.4 is 5.32 Å². The van der Waals surface area contributed by atoms with Gasteiger partial charge in [0, 0.05) is 19.7 Å². The van der Waals surface area contributed by atoms with E-state index < -0.39 is 0 Å². The summed E-state index contributed by atoms with van der Waals surface area (Å²) in [5, 5.41) is 12.4. The molecule has 1 aliphatic heterocycles. The molecular weight excluding hydrogens is 245 g/mol. The van der Waals surface area contributed by atoms with Gasteiger partial charge in [-0.05, 0) is 44.5 Å². The molecule has 2 atom stereocenters. The molecule has 106 valence electrons. The maximum absolute atomic E-state index is 12.9. The molecule has 19 heavy (non-hydrogen) atoms. The van der Waals surface area contributed by atoms with Gasteiger partial charge in [0.15, 0.2) is 0 Å². The summed E-state index contributed by atoms with van der Waals surface area (Å²) in [6.45, 7) is 3.29. The molecule has 0 bridgehead atoms. The molecular formula is C14H22FN3O. The third-order valence-electron chi connectivity index (χ3n) is 3.82. The summed E-state index contributed by atoms with van der Waals surface area (Å²) >= 11 is 0. The van der Waals surface area contributed by atoms with Crippen LogP contribution in [0.2, 0.25) is 0 Å². The second kappa shape index (κ2) is 6.93. The number of hydrogen-bond acceptors (Lipinski definition) is 4. The number of aromatic nitrogens is 1. The zero-order valence-corrected chi connectivity index (χ0v) is 11.3. The molecule has 0 aromatic carbocycles. The first-order valence-electron chi connectivity index (χ1n) is 6.85. The molecule has 1 saturated heterocycles. The van der Waals surface area contributed by atoms with E-state index in [9.17, 15) is 4.39 Å². The monoisotopic (exact) mass is 267 g/mol. The minimum Gasteiger partial charge on any atom is -0.396 e. The number of aliphatic hydroxyl groups excluding tert-OH is 1. The summed E-state index contributed by atoms with van der Waals surface area (Å²) in [4.78, 5) is 6.50. The van der Waals surface area contributed by atoms with Gasteiger partial charge in [0.1, 0.15) is 5.82 Å². The van der Waals surface area contributed by atoms with Crippen LogP contribution >= 0.6 is 0 Å². The van der Waals surface area contributed by atoms with Gasteiger partial charge in [0.25, 0.3) is 0 Å². The summed E-state index contributed by atoms with van der Waals surface area (Å²) in [6.07, 6.45) is 3.28. The average molecular weight is 267 g/mol. The van der Waals surface area contributed by atoms with Gasteiger partial charge < -0.3 is 15.3 Å². The molecule has 0 amide bonds. The predicted molar refractivity (Wildman–Crippen MR) is 72.2 cm³/mol. The Kier molecular flexibility index (Phi) is 5.24. The third-order valence-corrected chi connectivity index (χ3v) is 3.82. The lowest BCUT2D eigenvalue weighted by Crippen LogP contribution is -2.27. The average Bonchev–Trinajstić information content (AvgIpc) is 2.89. The SMILES string of the molecule is CNC(CCN1CCC(CO)C1)c1ccc(F)cn1. The number of nitrogens with one attached hydrogen (secondary N) is 1. The van der Waals surface area contributed by atoms with Crippen LogP contribution in [0.3, 0.4) is 0 Å². The van der Waals surface area contributed by atoms with E-state index in [1.165, 1.54) is 12.3 Å². The normalized spacial score (nSPS) is 21.7. The fourth-order valence-corrected chi connectivity index (χ4v) is 2.61. The Labute approximate surface area is 113 Å². The highest BCUT2D eigenvalue weighted by Gasteiger charge is 2.22. The fourth-order valence-electron chi connectivity index (χ4n) is 2.61. The number of halogens is 1. The molecule has 5 heteroatoms. The zero-order chi connectivity index (χ0) is 13.7. The van der Waals surface area contributed by atoms with Crippen molar-refractivity contribution < 1.29 is 9.50 Å². The van der Waals surface area contributed by atoms with E-state index >= 15 is 0 Å². The van der Waals surface area contributed by atoms with E-state index in [-0.39, 0.29) is 18.5 Å². The molecule has 1 aromatic heterocycles. The summed E-state index contributed by atoms with van der Waals surface area (Å²) in [5.41, 5.74) is 0.877. The van der Waals surface area contributed by atoms with Crippen molar-refractivity contribution >= 4 is 0 Å². The second-order valence-electron chi connectivity index (χ2n) is 5.17. The molecule has 2 heterocycles. The standard InChI is InChI=1S/C14H22FN3O/c1-16-13(14-3-2-12(15)8-17-14)5-7-18-6-4-11(9-18)10-19/h2-3,8,11,13,16,19H,4-7,9-10H2,1H3. The van der Waals surface area contributed by atoms with Crippen LogP contribution in [0.15, 0.2) is 18.3 Å². The summed E-state index contributed by atoms with van der Waals surface area (Å²) < 4.78 is 12.9. The molecule has 1 aromatic rings. The quantitative estimate of drug-likeness (QED) is 0.813. The van der Waals surface area contributed by atoms with Crippen molar-refractivity contribution in [3.8, 4) is 0 Å². The first-order valence-corrected chi connectivity index (χ1v) is 6.85. The molecule has 0 spiro atoms. The molecule has 2 unspecified atom stereocenters. The van der Waals surface area contributed by atoms with Crippen molar-refractivity contribution in [3.63, 3.8) is 0 Å². The van der Waals surface area contributed by atoms with Gasteiger partial charge in [0.2, 0.25) is 0 Å². The molecule has 0 saturated carbocycles. The van der Waals surface area contributed by atoms with E-state index in [0.717, 1.165) is 38.2 Å². The lowest BCUT2D eigenvalue weighted by atomic mass is 10.1. The Morgan fingerprint density at radius 2 is 2.42 bits per heavy atom. The van der Waals surface area contributed by atoms with Crippen LogP contribution in [-0.2, 0) is 0 Å². The van der Waals surface area contributed by atoms with E-state index in [1.54, 1.807) is 6.07 Å². The number of likely N-dealkylation sites (tertiary alicyclic amines) is 1. The number of hydrogen-bond donors (Lipinski definition) is 2. The maximum Gasteiger partial charge on any atom is 0.141 e. The van der Waals surface area contributed by atoms with Crippen molar-refractivity contribution in [3.05, 3.63) is 29.8 Å². The van der Waals surface area contributed by atoms with Crippen molar-refractivity contribution in [1.29, 1.82) is 0 Å². The van der Waals surface area contributed by atoms with Crippen LogP contribution in [0.5, 0.6) is 0 Å². The molecule has 1 fully saturated rings. The zero-order valence-electron chi connectivity index (χ0n) is 11.3. The van der Waals surface area contributed by atoms with Crippen molar-refractivity contribution in [2.75, 3.05) is 33.3 Å². The van der Waals surface area contributed by atoms with E-state index in [4.69, 9.17) is 5.11 Å². The summed E-state index contributed by atoms with van der Waals surface area (Å²) in [6, 6.07) is 3.33. The molecule has 2 rings (SSSR count). The van der Waals surface area contributed by atoms with Crippen LogP contribution in [-0.4, -0.2) is 48.3 Å². The highest BCUT2D eigenvalue weighted by atomic mass is 19.1. The Bertz CT molecular complexity index is 385. The lowest BCUT2D eigenvalue weighted by Gasteiger charge is -2.20. The van der Waals surface area contributed by atoms with Gasteiger partial charge in [0.05, 0.1) is 17.9 Å². The highest BCUT2D eigenvalue weighted by Crippen LogP contribution is 2.19. The van der Waals surface area contributed by atoms with Gasteiger partial charge in [-0.1, -0.05) is 0 Å². The lowest BCUT2D eigenvalue weighted by molar-refractivity contribution is 0.219. The molecule has 2 N–H and O–H groups in total. The minimum absolute atomic E-state index is 0.147. The summed E-state index contributed by atoms with van der Waals surface area (Å²) in [7, 11) is 1.90. The number of nitrogens with zero attached hydrogens (tertiary/aromatic N) is 2. The maximum atomic E-state index is 12.9. The Morgan fingerprint density at radius 1 is 1.58 bits per heavy atom. The van der Waals surface area contributed by atoms with Gasteiger partial charge in [-0.15, -0.1) is 0 Å². The Hall–Kier alpha value is -1.04. The largest absolute Gasteiger partial charge is 0.396 e. The van der Waals surface area contributed by atoms with Crippen LogP contribution in [0, 0.1) is 11.7 Å². The van der Waals surface area contributed by atoms with E-state index in [1.807, 2.05) is 7.05 Å². The minimum atomic E-state index is -0.302. The fraction of sp³-hybridized carbons (Fsp3) is 0.643.